The topological polar surface area (TPSA) is 45.8 Å². The monoisotopic (exact) mass is 184 g/mol. The van der Waals surface area contributed by atoms with Crippen LogP contribution >= 0.6 is 11.6 Å². The van der Waals surface area contributed by atoms with E-state index in [2.05, 4.69) is 9.97 Å². The Balaban J connectivity index is 2.81. The Morgan fingerprint density at radius 2 is 2.42 bits per heavy atom. The van der Waals surface area contributed by atoms with Gasteiger partial charge in [0.2, 0.25) is 0 Å². The summed E-state index contributed by atoms with van der Waals surface area (Å²) in [6.07, 6.45) is 5.18. The van der Waals surface area contributed by atoms with E-state index in [4.69, 9.17) is 11.6 Å². The predicted molar refractivity (Wildman–Crippen MR) is 47.5 cm³/mol. The summed E-state index contributed by atoms with van der Waals surface area (Å²) in [5, 5.41) is 0.240. The van der Waals surface area contributed by atoms with Crippen molar-refractivity contribution in [1.29, 1.82) is 0 Å². The number of hydrogen-bond donors (Lipinski definition) is 1. The zero-order valence-electron chi connectivity index (χ0n) is 6.67. The van der Waals surface area contributed by atoms with Gasteiger partial charge < -0.3 is 4.98 Å². The molecule has 0 saturated carbocycles. The summed E-state index contributed by atoms with van der Waals surface area (Å²) >= 11 is 5.63. The lowest BCUT2D eigenvalue weighted by Gasteiger charge is -1.84. The van der Waals surface area contributed by atoms with Crippen LogP contribution < -0.4 is 0 Å². The predicted octanol–water partition coefficient (Wildman–Crippen LogP) is 1.99. The van der Waals surface area contributed by atoms with Crippen LogP contribution in [0.2, 0.25) is 5.15 Å². The number of allylic oxidation sites excluding steroid dienone is 2. The molecule has 0 aliphatic heterocycles. The van der Waals surface area contributed by atoms with Gasteiger partial charge >= 0.3 is 0 Å². The fourth-order valence-electron chi connectivity index (χ4n) is 0.818. The highest BCUT2D eigenvalue weighted by molar-refractivity contribution is 6.31. The highest BCUT2D eigenvalue weighted by Gasteiger charge is 2.04. The molecular formula is C8H9ClN2O. The Morgan fingerprint density at radius 1 is 1.67 bits per heavy atom. The summed E-state index contributed by atoms with van der Waals surface area (Å²) in [4.78, 5) is 17.1. The van der Waals surface area contributed by atoms with Gasteiger partial charge in [0.1, 0.15) is 11.5 Å². The maximum absolute atomic E-state index is 10.3. The number of halogens is 1. The number of rotatable bonds is 3. The molecule has 3 nitrogen and oxygen atoms in total. The van der Waals surface area contributed by atoms with Crippen LogP contribution in [-0.2, 0) is 6.42 Å². The van der Waals surface area contributed by atoms with E-state index < -0.39 is 0 Å². The van der Waals surface area contributed by atoms with E-state index in [-0.39, 0.29) is 5.15 Å². The number of aromatic nitrogens is 2. The maximum atomic E-state index is 10.3. The molecule has 0 fully saturated rings. The van der Waals surface area contributed by atoms with E-state index in [1.807, 2.05) is 19.1 Å². The molecule has 1 rings (SSSR count). The molecule has 1 heterocycles. The van der Waals surface area contributed by atoms with Crippen LogP contribution in [0.4, 0.5) is 0 Å². The number of carbonyl (C=O) groups is 1. The standard InChI is InChI=1S/C8H9ClN2O/c1-2-3-4-7-10-6(5-12)8(9)11-7/h2-3,5H,4H2,1H3,(H,10,11). The van der Waals surface area contributed by atoms with Crippen LogP contribution in [0.15, 0.2) is 12.2 Å². The number of carbonyl (C=O) groups excluding carboxylic acids is 1. The first-order valence-electron chi connectivity index (χ1n) is 3.58. The lowest BCUT2D eigenvalue weighted by molar-refractivity contribution is 0.111. The number of nitrogens with zero attached hydrogens (tertiary/aromatic N) is 1. The molecule has 0 aliphatic carbocycles. The molecule has 1 aromatic heterocycles. The highest BCUT2D eigenvalue weighted by atomic mass is 35.5. The lowest BCUT2D eigenvalue weighted by Crippen LogP contribution is -1.84. The van der Waals surface area contributed by atoms with Gasteiger partial charge in [0.15, 0.2) is 11.4 Å². The molecule has 0 aliphatic rings. The normalized spacial score (nSPS) is 10.8. The Bertz CT molecular complexity index is 304. The lowest BCUT2D eigenvalue weighted by atomic mass is 10.4. The summed E-state index contributed by atoms with van der Waals surface area (Å²) in [5.74, 6) is 0.709. The molecular weight excluding hydrogens is 176 g/mol. The van der Waals surface area contributed by atoms with Crippen molar-refractivity contribution in [3.8, 4) is 0 Å². The molecule has 0 unspecified atom stereocenters. The second-order valence-corrected chi connectivity index (χ2v) is 2.64. The number of hydrogen-bond acceptors (Lipinski definition) is 2. The Labute approximate surface area is 75.5 Å². The van der Waals surface area contributed by atoms with Crippen molar-refractivity contribution < 1.29 is 4.79 Å². The summed E-state index contributed by atoms with van der Waals surface area (Å²) in [6, 6.07) is 0. The van der Waals surface area contributed by atoms with Crippen LogP contribution in [0.1, 0.15) is 23.2 Å². The van der Waals surface area contributed by atoms with Gasteiger partial charge in [0, 0.05) is 6.42 Å². The van der Waals surface area contributed by atoms with Gasteiger partial charge in [-0.05, 0) is 6.92 Å². The van der Waals surface area contributed by atoms with Crippen molar-refractivity contribution in [3.63, 3.8) is 0 Å². The molecule has 1 N–H and O–H groups in total. The molecule has 0 aromatic carbocycles. The Hall–Kier alpha value is -1.09. The SMILES string of the molecule is CC=CCc1nc(Cl)c(C=O)[nH]1. The minimum atomic E-state index is 0.240. The van der Waals surface area contributed by atoms with E-state index in [0.29, 0.717) is 24.2 Å². The third-order valence-electron chi connectivity index (χ3n) is 1.40. The van der Waals surface area contributed by atoms with Crippen molar-refractivity contribution in [3.05, 3.63) is 28.8 Å². The fraction of sp³-hybridized carbons (Fsp3) is 0.250. The first-order chi connectivity index (χ1) is 5.77. The molecule has 64 valence electrons. The number of aromatic amines is 1. The van der Waals surface area contributed by atoms with Crippen LogP contribution in [-0.4, -0.2) is 16.3 Å². The Kier molecular flexibility index (Phi) is 3.05. The van der Waals surface area contributed by atoms with E-state index in [0.717, 1.165) is 0 Å². The molecule has 1 aromatic rings. The number of imidazole rings is 1. The fourth-order valence-corrected chi connectivity index (χ4v) is 1.01. The van der Waals surface area contributed by atoms with Crippen molar-refractivity contribution in [2.75, 3.05) is 0 Å². The van der Waals surface area contributed by atoms with Gasteiger partial charge in [0.05, 0.1) is 0 Å². The molecule has 0 saturated heterocycles. The van der Waals surface area contributed by atoms with E-state index in [1.54, 1.807) is 0 Å². The number of H-pyrrole nitrogens is 1. The molecule has 0 atom stereocenters. The van der Waals surface area contributed by atoms with E-state index in [1.165, 1.54) is 0 Å². The molecule has 4 heteroatoms. The molecule has 12 heavy (non-hydrogen) atoms. The molecule has 0 spiro atoms. The minimum Gasteiger partial charge on any atom is -0.338 e. The van der Waals surface area contributed by atoms with Gasteiger partial charge in [-0.15, -0.1) is 0 Å². The zero-order chi connectivity index (χ0) is 8.97. The second-order valence-electron chi connectivity index (χ2n) is 2.28. The average molecular weight is 185 g/mol. The van der Waals surface area contributed by atoms with Gasteiger partial charge in [0.25, 0.3) is 0 Å². The maximum Gasteiger partial charge on any atom is 0.169 e. The van der Waals surface area contributed by atoms with Crippen molar-refractivity contribution >= 4 is 17.9 Å². The quantitative estimate of drug-likeness (QED) is 0.577. The van der Waals surface area contributed by atoms with E-state index in [9.17, 15) is 4.79 Å². The number of nitrogens with one attached hydrogen (secondary N) is 1. The minimum absolute atomic E-state index is 0.240. The first-order valence-corrected chi connectivity index (χ1v) is 3.96. The summed E-state index contributed by atoms with van der Waals surface area (Å²) in [7, 11) is 0. The van der Waals surface area contributed by atoms with E-state index >= 15 is 0 Å². The molecule has 0 amide bonds. The third kappa shape index (κ3) is 1.95. The van der Waals surface area contributed by atoms with Crippen LogP contribution in [0, 0.1) is 0 Å². The first kappa shape index (κ1) is 9.00. The van der Waals surface area contributed by atoms with Crippen LogP contribution in [0.5, 0.6) is 0 Å². The highest BCUT2D eigenvalue weighted by Crippen LogP contribution is 2.10. The number of aldehydes is 1. The summed E-state index contributed by atoms with van der Waals surface area (Å²) < 4.78 is 0. The second kappa shape index (κ2) is 4.07. The van der Waals surface area contributed by atoms with Gasteiger partial charge in [-0.2, -0.15) is 0 Å². The van der Waals surface area contributed by atoms with Crippen LogP contribution in [0.3, 0.4) is 0 Å². The smallest absolute Gasteiger partial charge is 0.169 e. The summed E-state index contributed by atoms with van der Waals surface area (Å²) in [6.45, 7) is 1.92. The van der Waals surface area contributed by atoms with Crippen molar-refractivity contribution in [2.45, 2.75) is 13.3 Å². The zero-order valence-corrected chi connectivity index (χ0v) is 7.43. The summed E-state index contributed by atoms with van der Waals surface area (Å²) in [5.41, 5.74) is 0.344. The third-order valence-corrected chi connectivity index (χ3v) is 1.69. The molecule has 0 radical (unpaired) electrons. The van der Waals surface area contributed by atoms with Gasteiger partial charge in [-0.25, -0.2) is 4.98 Å². The molecule has 0 bridgehead atoms. The Morgan fingerprint density at radius 3 is 2.92 bits per heavy atom. The van der Waals surface area contributed by atoms with Crippen molar-refractivity contribution in [2.24, 2.45) is 0 Å². The average Bonchev–Trinajstić information content (AvgIpc) is 2.43. The van der Waals surface area contributed by atoms with Crippen molar-refractivity contribution in [1.82, 2.24) is 9.97 Å². The largest absolute Gasteiger partial charge is 0.338 e. The van der Waals surface area contributed by atoms with Gasteiger partial charge in [-0.3, -0.25) is 4.79 Å². The van der Waals surface area contributed by atoms with Crippen LogP contribution in [0.25, 0.3) is 0 Å². The van der Waals surface area contributed by atoms with Gasteiger partial charge in [-0.1, -0.05) is 23.8 Å².